The first-order valence-corrected chi connectivity index (χ1v) is 7.60. The van der Waals surface area contributed by atoms with Crippen LogP contribution < -0.4 is 5.73 Å². The fraction of sp³-hybridized carbons (Fsp3) is 1.00. The van der Waals surface area contributed by atoms with Gasteiger partial charge < -0.3 is 15.5 Å². The zero-order chi connectivity index (χ0) is 13.8. The molecule has 108 valence electrons. The second-order valence-electron chi connectivity index (χ2n) is 6.32. The van der Waals surface area contributed by atoms with Crippen LogP contribution in [0.1, 0.15) is 52.4 Å². The lowest BCUT2D eigenvalue weighted by molar-refractivity contribution is 0.0117. The first-order valence-electron chi connectivity index (χ1n) is 7.60. The van der Waals surface area contributed by atoms with Gasteiger partial charge >= 0.3 is 0 Å². The Morgan fingerprint density at radius 1 is 1.17 bits per heavy atom. The van der Waals surface area contributed by atoms with Crippen molar-refractivity contribution in [2.24, 2.45) is 5.73 Å². The topological polar surface area (TPSA) is 32.5 Å². The molecule has 0 saturated heterocycles. The van der Waals surface area contributed by atoms with E-state index >= 15 is 0 Å². The van der Waals surface area contributed by atoms with E-state index in [2.05, 4.69) is 44.8 Å². The van der Waals surface area contributed by atoms with Crippen molar-refractivity contribution in [3.05, 3.63) is 0 Å². The lowest BCUT2D eigenvalue weighted by Crippen LogP contribution is -2.59. The van der Waals surface area contributed by atoms with Gasteiger partial charge in [0.1, 0.15) is 0 Å². The summed E-state index contributed by atoms with van der Waals surface area (Å²) in [5.74, 6) is 0. The number of nitrogens with two attached hydrogens (primary N) is 1. The predicted molar refractivity (Wildman–Crippen MR) is 79.9 cm³/mol. The average Bonchev–Trinajstić information content (AvgIpc) is 2.24. The van der Waals surface area contributed by atoms with Crippen LogP contribution in [0, 0.1) is 0 Å². The fourth-order valence-corrected chi connectivity index (χ4v) is 3.38. The SMILES string of the molecule is CCCC(N)C(CC)N(C)CC1(N(C)C)CCC1. The summed E-state index contributed by atoms with van der Waals surface area (Å²) in [5.41, 5.74) is 6.75. The normalized spacial score (nSPS) is 22.0. The van der Waals surface area contributed by atoms with E-state index in [-0.39, 0.29) is 0 Å². The van der Waals surface area contributed by atoms with E-state index in [1.165, 1.54) is 25.7 Å². The molecule has 1 rings (SSSR count). The van der Waals surface area contributed by atoms with E-state index < -0.39 is 0 Å². The summed E-state index contributed by atoms with van der Waals surface area (Å²) in [5, 5.41) is 0. The minimum atomic E-state index is 0.323. The van der Waals surface area contributed by atoms with Crippen LogP contribution in [0.15, 0.2) is 0 Å². The smallest absolute Gasteiger partial charge is 0.0330 e. The van der Waals surface area contributed by atoms with E-state index in [1.807, 2.05) is 0 Å². The van der Waals surface area contributed by atoms with Gasteiger partial charge in [-0.25, -0.2) is 0 Å². The Hall–Kier alpha value is -0.120. The van der Waals surface area contributed by atoms with Crippen molar-refractivity contribution in [2.75, 3.05) is 27.7 Å². The third-order valence-corrected chi connectivity index (χ3v) is 4.88. The third kappa shape index (κ3) is 3.46. The summed E-state index contributed by atoms with van der Waals surface area (Å²) >= 11 is 0. The van der Waals surface area contributed by atoms with Crippen LogP contribution in [-0.4, -0.2) is 55.1 Å². The Balaban J connectivity index is 2.58. The molecule has 0 aromatic heterocycles. The van der Waals surface area contributed by atoms with Crippen LogP contribution in [0.2, 0.25) is 0 Å². The number of hydrogen-bond donors (Lipinski definition) is 1. The van der Waals surface area contributed by atoms with Gasteiger partial charge in [0, 0.05) is 24.2 Å². The summed E-state index contributed by atoms with van der Waals surface area (Å²) in [6.07, 6.45) is 7.53. The van der Waals surface area contributed by atoms with E-state index in [0.717, 1.165) is 19.4 Å². The molecule has 0 aromatic rings. The second kappa shape index (κ2) is 6.88. The minimum absolute atomic E-state index is 0.323. The molecule has 1 aliphatic rings. The monoisotopic (exact) mass is 255 g/mol. The average molecular weight is 255 g/mol. The van der Waals surface area contributed by atoms with E-state index in [9.17, 15) is 0 Å². The maximum atomic E-state index is 6.34. The molecule has 0 aliphatic heterocycles. The Labute approximate surface area is 114 Å². The highest BCUT2D eigenvalue weighted by molar-refractivity contribution is 4.99. The van der Waals surface area contributed by atoms with Crippen molar-refractivity contribution in [1.29, 1.82) is 0 Å². The molecule has 2 unspecified atom stereocenters. The molecule has 1 fully saturated rings. The van der Waals surface area contributed by atoms with Gasteiger partial charge in [-0.05, 0) is 53.2 Å². The highest BCUT2D eigenvalue weighted by atomic mass is 15.2. The highest BCUT2D eigenvalue weighted by Gasteiger charge is 2.41. The molecule has 2 N–H and O–H groups in total. The van der Waals surface area contributed by atoms with E-state index in [1.54, 1.807) is 0 Å². The number of hydrogen-bond acceptors (Lipinski definition) is 3. The molecule has 1 saturated carbocycles. The Kier molecular flexibility index (Phi) is 6.09. The molecule has 0 amide bonds. The van der Waals surface area contributed by atoms with Crippen molar-refractivity contribution < 1.29 is 0 Å². The van der Waals surface area contributed by atoms with Crippen LogP contribution in [0.25, 0.3) is 0 Å². The molecular formula is C15H33N3. The zero-order valence-corrected chi connectivity index (χ0v) is 13.1. The van der Waals surface area contributed by atoms with Gasteiger partial charge in [0.25, 0.3) is 0 Å². The zero-order valence-electron chi connectivity index (χ0n) is 13.1. The van der Waals surface area contributed by atoms with Gasteiger partial charge in [-0.2, -0.15) is 0 Å². The molecule has 3 heteroatoms. The van der Waals surface area contributed by atoms with Crippen molar-refractivity contribution in [1.82, 2.24) is 9.80 Å². The summed E-state index contributed by atoms with van der Waals surface area (Å²) in [4.78, 5) is 4.94. The second-order valence-corrected chi connectivity index (χ2v) is 6.32. The summed E-state index contributed by atoms with van der Waals surface area (Å²) in [6.45, 7) is 5.65. The molecular weight excluding hydrogens is 222 g/mol. The van der Waals surface area contributed by atoms with Crippen LogP contribution >= 0.6 is 0 Å². The summed E-state index contributed by atoms with van der Waals surface area (Å²) < 4.78 is 0. The molecule has 3 nitrogen and oxygen atoms in total. The van der Waals surface area contributed by atoms with E-state index in [0.29, 0.717) is 17.6 Å². The van der Waals surface area contributed by atoms with Crippen molar-refractivity contribution in [3.63, 3.8) is 0 Å². The number of rotatable bonds is 8. The van der Waals surface area contributed by atoms with Crippen LogP contribution in [0.4, 0.5) is 0 Å². The molecule has 1 aliphatic carbocycles. The lowest BCUT2D eigenvalue weighted by atomic mass is 9.75. The van der Waals surface area contributed by atoms with Crippen molar-refractivity contribution in [2.45, 2.75) is 70.0 Å². The number of likely N-dealkylation sites (N-methyl/N-ethyl adjacent to an activating group) is 2. The largest absolute Gasteiger partial charge is 0.326 e. The molecule has 0 aromatic carbocycles. The van der Waals surface area contributed by atoms with Crippen molar-refractivity contribution >= 4 is 0 Å². The Morgan fingerprint density at radius 3 is 2.11 bits per heavy atom. The quantitative estimate of drug-likeness (QED) is 0.722. The Morgan fingerprint density at radius 2 is 1.78 bits per heavy atom. The van der Waals surface area contributed by atoms with Gasteiger partial charge in [0.2, 0.25) is 0 Å². The van der Waals surface area contributed by atoms with Crippen LogP contribution in [0.3, 0.4) is 0 Å². The Bertz CT molecular complexity index is 236. The van der Waals surface area contributed by atoms with Gasteiger partial charge in [-0.3, -0.25) is 0 Å². The maximum Gasteiger partial charge on any atom is 0.0330 e. The van der Waals surface area contributed by atoms with Gasteiger partial charge in [-0.1, -0.05) is 20.3 Å². The first kappa shape index (κ1) is 15.9. The van der Waals surface area contributed by atoms with Gasteiger partial charge in [-0.15, -0.1) is 0 Å². The summed E-state index contributed by atoms with van der Waals surface area (Å²) in [7, 11) is 6.70. The summed E-state index contributed by atoms with van der Waals surface area (Å²) in [6, 6.07) is 0.853. The highest BCUT2D eigenvalue weighted by Crippen LogP contribution is 2.37. The molecule has 2 atom stereocenters. The number of nitrogens with zero attached hydrogens (tertiary/aromatic N) is 2. The molecule has 0 spiro atoms. The van der Waals surface area contributed by atoms with Crippen molar-refractivity contribution in [3.8, 4) is 0 Å². The maximum absolute atomic E-state index is 6.34. The minimum Gasteiger partial charge on any atom is -0.326 e. The van der Waals surface area contributed by atoms with Crippen LogP contribution in [-0.2, 0) is 0 Å². The molecule has 18 heavy (non-hydrogen) atoms. The molecule has 0 radical (unpaired) electrons. The third-order valence-electron chi connectivity index (χ3n) is 4.88. The molecule has 0 heterocycles. The standard InChI is InChI=1S/C15H33N3/c1-6-9-13(16)14(7-2)18(5)12-15(17(3)4)10-8-11-15/h13-14H,6-12,16H2,1-5H3. The first-order chi connectivity index (χ1) is 8.46. The lowest BCUT2D eigenvalue weighted by Gasteiger charge is -2.51. The van der Waals surface area contributed by atoms with E-state index in [4.69, 9.17) is 5.73 Å². The fourth-order valence-electron chi connectivity index (χ4n) is 3.38. The van der Waals surface area contributed by atoms with Gasteiger partial charge in [0.15, 0.2) is 0 Å². The molecule has 0 bridgehead atoms. The van der Waals surface area contributed by atoms with Crippen LogP contribution in [0.5, 0.6) is 0 Å². The van der Waals surface area contributed by atoms with Gasteiger partial charge in [0.05, 0.1) is 0 Å². The predicted octanol–water partition coefficient (Wildman–Crippen LogP) is 2.31.